The third-order valence-electron chi connectivity index (χ3n) is 2.07. The fourth-order valence-electron chi connectivity index (χ4n) is 1.30. The first-order chi connectivity index (χ1) is 7.58. The van der Waals surface area contributed by atoms with Crippen molar-refractivity contribution in [1.29, 1.82) is 0 Å². The minimum absolute atomic E-state index is 0.246. The lowest BCUT2D eigenvalue weighted by atomic mass is 10.2. The SMILES string of the molecule is Cc1cscc1-c1nc(C(=O)O)cc(=O)[nH]1. The summed E-state index contributed by atoms with van der Waals surface area (Å²) in [6, 6.07) is 0.966. The average molecular weight is 236 g/mol. The van der Waals surface area contributed by atoms with E-state index in [4.69, 9.17) is 5.11 Å². The molecule has 0 fully saturated rings. The van der Waals surface area contributed by atoms with Gasteiger partial charge in [0.2, 0.25) is 0 Å². The van der Waals surface area contributed by atoms with Crippen LogP contribution >= 0.6 is 11.3 Å². The number of carbonyl (C=O) groups is 1. The summed E-state index contributed by atoms with van der Waals surface area (Å²) in [5, 5.41) is 12.5. The Balaban J connectivity index is 2.63. The Morgan fingerprint density at radius 3 is 2.81 bits per heavy atom. The predicted molar refractivity (Wildman–Crippen MR) is 59.9 cm³/mol. The first kappa shape index (κ1) is 10.6. The Kier molecular flexibility index (Phi) is 2.57. The van der Waals surface area contributed by atoms with Gasteiger partial charge in [-0.25, -0.2) is 9.78 Å². The molecule has 0 aromatic carbocycles. The van der Waals surface area contributed by atoms with Crippen molar-refractivity contribution >= 4 is 17.3 Å². The van der Waals surface area contributed by atoms with Gasteiger partial charge < -0.3 is 10.1 Å². The number of thiophene rings is 1. The Morgan fingerprint density at radius 1 is 1.50 bits per heavy atom. The van der Waals surface area contributed by atoms with E-state index in [1.807, 2.05) is 17.7 Å². The van der Waals surface area contributed by atoms with Crippen molar-refractivity contribution in [2.45, 2.75) is 6.92 Å². The maximum Gasteiger partial charge on any atom is 0.354 e. The van der Waals surface area contributed by atoms with Crippen molar-refractivity contribution < 1.29 is 9.90 Å². The van der Waals surface area contributed by atoms with Crippen LogP contribution in [0.3, 0.4) is 0 Å². The van der Waals surface area contributed by atoms with Crippen molar-refractivity contribution in [2.24, 2.45) is 0 Å². The number of nitrogens with zero attached hydrogens (tertiary/aromatic N) is 1. The summed E-state index contributed by atoms with van der Waals surface area (Å²) in [6.45, 7) is 1.87. The van der Waals surface area contributed by atoms with E-state index in [0.717, 1.165) is 17.2 Å². The molecule has 0 atom stereocenters. The quantitative estimate of drug-likeness (QED) is 0.827. The maximum atomic E-state index is 11.3. The van der Waals surface area contributed by atoms with E-state index in [1.54, 1.807) is 0 Å². The topological polar surface area (TPSA) is 83.0 Å². The normalized spacial score (nSPS) is 10.3. The predicted octanol–water partition coefficient (Wildman–Crippen LogP) is 1.51. The minimum Gasteiger partial charge on any atom is -0.477 e. The molecular formula is C10H8N2O3S. The number of carboxylic acids is 1. The zero-order chi connectivity index (χ0) is 11.7. The third-order valence-corrected chi connectivity index (χ3v) is 2.93. The van der Waals surface area contributed by atoms with Crippen molar-refractivity contribution in [3.8, 4) is 11.4 Å². The number of carboxylic acid groups (broad SMARTS) is 1. The molecule has 0 saturated carbocycles. The Labute approximate surface area is 94.4 Å². The van der Waals surface area contributed by atoms with Crippen LogP contribution in [-0.2, 0) is 0 Å². The number of aryl methyl sites for hydroxylation is 1. The number of nitrogens with one attached hydrogen (secondary N) is 1. The van der Waals surface area contributed by atoms with Crippen LogP contribution in [0.2, 0.25) is 0 Å². The Hall–Kier alpha value is -1.95. The monoisotopic (exact) mass is 236 g/mol. The molecule has 6 heteroatoms. The summed E-state index contributed by atoms with van der Waals surface area (Å²) in [7, 11) is 0. The maximum absolute atomic E-state index is 11.3. The minimum atomic E-state index is -1.21. The van der Waals surface area contributed by atoms with Gasteiger partial charge in [-0.1, -0.05) is 0 Å². The fraction of sp³-hybridized carbons (Fsp3) is 0.100. The molecule has 2 rings (SSSR count). The highest BCUT2D eigenvalue weighted by atomic mass is 32.1. The van der Waals surface area contributed by atoms with Crippen LogP contribution in [0.4, 0.5) is 0 Å². The molecule has 2 aromatic rings. The van der Waals surface area contributed by atoms with Gasteiger partial charge in [-0.2, -0.15) is 11.3 Å². The van der Waals surface area contributed by atoms with E-state index in [1.165, 1.54) is 11.3 Å². The Morgan fingerprint density at radius 2 is 2.25 bits per heavy atom. The van der Waals surface area contributed by atoms with Gasteiger partial charge in [-0.3, -0.25) is 4.79 Å². The van der Waals surface area contributed by atoms with Gasteiger partial charge in [-0.05, 0) is 17.9 Å². The number of hydrogen-bond acceptors (Lipinski definition) is 4. The van der Waals surface area contributed by atoms with Gasteiger partial charge in [0.15, 0.2) is 5.69 Å². The largest absolute Gasteiger partial charge is 0.477 e. The lowest BCUT2D eigenvalue weighted by molar-refractivity contribution is 0.0690. The van der Waals surface area contributed by atoms with E-state index >= 15 is 0 Å². The van der Waals surface area contributed by atoms with Crippen LogP contribution in [0.5, 0.6) is 0 Å². The molecule has 2 aromatic heterocycles. The Bertz CT molecular complexity index is 600. The van der Waals surface area contributed by atoms with E-state index in [9.17, 15) is 9.59 Å². The molecule has 0 radical (unpaired) electrons. The van der Waals surface area contributed by atoms with Crippen molar-refractivity contribution in [1.82, 2.24) is 9.97 Å². The second-order valence-corrected chi connectivity index (χ2v) is 4.00. The molecule has 0 amide bonds. The van der Waals surface area contributed by atoms with E-state index in [-0.39, 0.29) is 5.69 Å². The summed E-state index contributed by atoms with van der Waals surface area (Å²) in [5.41, 5.74) is 0.998. The summed E-state index contributed by atoms with van der Waals surface area (Å²) < 4.78 is 0. The average Bonchev–Trinajstić information content (AvgIpc) is 2.63. The molecule has 0 aliphatic heterocycles. The number of aromatic nitrogens is 2. The molecule has 16 heavy (non-hydrogen) atoms. The number of hydrogen-bond donors (Lipinski definition) is 2. The summed E-state index contributed by atoms with van der Waals surface area (Å²) in [5.74, 6) is -0.913. The molecule has 0 saturated heterocycles. The third kappa shape index (κ3) is 1.87. The van der Waals surface area contributed by atoms with Crippen LogP contribution in [0.1, 0.15) is 16.1 Å². The van der Waals surface area contributed by atoms with Gasteiger partial charge in [0.05, 0.1) is 0 Å². The zero-order valence-electron chi connectivity index (χ0n) is 8.35. The van der Waals surface area contributed by atoms with Crippen LogP contribution in [0.15, 0.2) is 21.6 Å². The van der Waals surface area contributed by atoms with Crippen LogP contribution in [-0.4, -0.2) is 21.0 Å². The molecule has 0 aliphatic rings. The first-order valence-electron chi connectivity index (χ1n) is 4.46. The van der Waals surface area contributed by atoms with Crippen molar-refractivity contribution in [3.63, 3.8) is 0 Å². The summed E-state index contributed by atoms with van der Waals surface area (Å²) in [4.78, 5) is 28.4. The van der Waals surface area contributed by atoms with Crippen molar-refractivity contribution in [3.05, 3.63) is 38.4 Å². The lowest BCUT2D eigenvalue weighted by Gasteiger charge is -2.00. The van der Waals surface area contributed by atoms with Gasteiger partial charge in [0, 0.05) is 17.0 Å². The van der Waals surface area contributed by atoms with E-state index in [2.05, 4.69) is 9.97 Å². The van der Waals surface area contributed by atoms with E-state index < -0.39 is 11.5 Å². The van der Waals surface area contributed by atoms with E-state index in [0.29, 0.717) is 5.82 Å². The second kappa shape index (κ2) is 3.90. The number of H-pyrrole nitrogens is 1. The summed E-state index contributed by atoms with van der Waals surface area (Å²) >= 11 is 1.47. The lowest BCUT2D eigenvalue weighted by Crippen LogP contribution is -2.13. The molecule has 0 aliphatic carbocycles. The highest BCUT2D eigenvalue weighted by molar-refractivity contribution is 7.08. The summed E-state index contributed by atoms with van der Waals surface area (Å²) in [6.07, 6.45) is 0. The standard InChI is InChI=1S/C10H8N2O3S/c1-5-3-16-4-6(5)9-11-7(10(14)15)2-8(13)12-9/h2-4H,1H3,(H,14,15)(H,11,12,13). The number of rotatable bonds is 2. The van der Waals surface area contributed by atoms with Gasteiger partial charge in [-0.15, -0.1) is 0 Å². The van der Waals surface area contributed by atoms with Gasteiger partial charge in [0.25, 0.3) is 5.56 Å². The molecule has 2 N–H and O–H groups in total. The number of aromatic carboxylic acids is 1. The molecule has 0 unspecified atom stereocenters. The molecule has 82 valence electrons. The van der Waals surface area contributed by atoms with Gasteiger partial charge >= 0.3 is 5.97 Å². The molecular weight excluding hydrogens is 228 g/mol. The molecule has 2 heterocycles. The second-order valence-electron chi connectivity index (χ2n) is 3.25. The highest BCUT2D eigenvalue weighted by Gasteiger charge is 2.11. The molecule has 5 nitrogen and oxygen atoms in total. The molecule has 0 bridgehead atoms. The highest BCUT2D eigenvalue weighted by Crippen LogP contribution is 2.22. The van der Waals surface area contributed by atoms with Gasteiger partial charge in [0.1, 0.15) is 5.82 Å². The van der Waals surface area contributed by atoms with Crippen LogP contribution in [0, 0.1) is 6.92 Å². The van der Waals surface area contributed by atoms with Crippen LogP contribution in [0.25, 0.3) is 11.4 Å². The van der Waals surface area contributed by atoms with Crippen LogP contribution < -0.4 is 5.56 Å². The smallest absolute Gasteiger partial charge is 0.354 e. The van der Waals surface area contributed by atoms with Crippen molar-refractivity contribution in [2.75, 3.05) is 0 Å². The molecule has 0 spiro atoms. The number of aromatic amines is 1. The first-order valence-corrected chi connectivity index (χ1v) is 5.40. The zero-order valence-corrected chi connectivity index (χ0v) is 9.17. The fourth-order valence-corrected chi connectivity index (χ4v) is 2.13.